The van der Waals surface area contributed by atoms with Gasteiger partial charge in [-0.05, 0) is 44.9 Å². The van der Waals surface area contributed by atoms with Crippen LogP contribution in [0, 0.1) is 0 Å². The van der Waals surface area contributed by atoms with E-state index in [2.05, 4.69) is 16.0 Å². The van der Waals surface area contributed by atoms with Gasteiger partial charge >= 0.3 is 23.9 Å². The molecule has 306 valence electrons. The summed E-state index contributed by atoms with van der Waals surface area (Å²) in [6.07, 6.45) is 21.0. The van der Waals surface area contributed by atoms with Gasteiger partial charge < -0.3 is 42.1 Å². The van der Waals surface area contributed by atoms with Crippen molar-refractivity contribution in [2.24, 2.45) is 5.73 Å². The molecule has 9 N–H and O–H groups in total. The number of unbranched alkanes of at least 4 members (excludes halogenated alkanes) is 18. The lowest BCUT2D eigenvalue weighted by atomic mass is 10.0. The molecule has 0 aliphatic rings. The summed E-state index contributed by atoms with van der Waals surface area (Å²) >= 11 is 0. The molecule has 0 aliphatic heterocycles. The Hall–Kier alpha value is -3.75. The first-order valence-electron chi connectivity index (χ1n) is 19.8. The minimum atomic E-state index is -1.35. The average molecular weight is 757 g/mol. The molecule has 0 aromatic carbocycles. The van der Waals surface area contributed by atoms with E-state index in [-0.39, 0.29) is 51.5 Å². The van der Waals surface area contributed by atoms with Crippen molar-refractivity contribution in [1.82, 2.24) is 16.0 Å². The highest BCUT2D eigenvalue weighted by molar-refractivity contribution is 5.86. The van der Waals surface area contributed by atoms with Crippen LogP contribution in [0.2, 0.25) is 0 Å². The minimum absolute atomic E-state index is 0.177. The van der Waals surface area contributed by atoms with Gasteiger partial charge in [0.1, 0.15) is 18.1 Å². The molecular formula is C38H68N4O11. The highest BCUT2D eigenvalue weighted by Crippen LogP contribution is 2.15. The highest BCUT2D eigenvalue weighted by Gasteiger charge is 2.24. The van der Waals surface area contributed by atoms with Crippen molar-refractivity contribution < 1.29 is 54.0 Å². The van der Waals surface area contributed by atoms with E-state index in [0.29, 0.717) is 19.3 Å². The smallest absolute Gasteiger partial charge is 0.326 e. The van der Waals surface area contributed by atoms with Crippen LogP contribution in [0.3, 0.4) is 0 Å². The summed E-state index contributed by atoms with van der Waals surface area (Å²) in [6.45, 7) is 0.267. The van der Waals surface area contributed by atoms with Gasteiger partial charge in [0.25, 0.3) is 0 Å². The molecule has 15 heteroatoms. The number of amides is 3. The summed E-state index contributed by atoms with van der Waals surface area (Å²) in [4.78, 5) is 81.3. The summed E-state index contributed by atoms with van der Waals surface area (Å²) < 4.78 is 0. The van der Waals surface area contributed by atoms with Crippen molar-refractivity contribution in [3.63, 3.8) is 0 Å². The van der Waals surface area contributed by atoms with Gasteiger partial charge in [0, 0.05) is 32.2 Å². The van der Waals surface area contributed by atoms with Crippen molar-refractivity contribution in [2.45, 2.75) is 191 Å². The molecule has 3 amide bonds. The Kier molecular flexibility index (Phi) is 30.5. The van der Waals surface area contributed by atoms with Crippen LogP contribution in [0.1, 0.15) is 173 Å². The third kappa shape index (κ3) is 31.5. The van der Waals surface area contributed by atoms with Gasteiger partial charge in [-0.15, -0.1) is 0 Å². The summed E-state index contributed by atoms with van der Waals surface area (Å²) in [6, 6.07) is -3.61. The van der Waals surface area contributed by atoms with Gasteiger partial charge in [0.05, 0.1) is 0 Å². The second-order valence-electron chi connectivity index (χ2n) is 14.0. The quantitative estimate of drug-likeness (QED) is 0.0377. The van der Waals surface area contributed by atoms with Crippen LogP contribution < -0.4 is 21.7 Å². The van der Waals surface area contributed by atoms with E-state index in [1.54, 1.807) is 0 Å². The normalized spacial score (nSPS) is 12.7. The molecule has 0 aromatic heterocycles. The van der Waals surface area contributed by atoms with Gasteiger partial charge in [0.2, 0.25) is 17.7 Å². The van der Waals surface area contributed by atoms with E-state index >= 15 is 0 Å². The van der Waals surface area contributed by atoms with Crippen LogP contribution in [-0.4, -0.2) is 86.7 Å². The fourth-order valence-electron chi connectivity index (χ4n) is 5.92. The molecule has 0 aromatic rings. The number of carboxylic acids is 4. The Morgan fingerprint density at radius 2 is 0.755 bits per heavy atom. The molecule has 0 heterocycles. The molecule has 53 heavy (non-hydrogen) atoms. The lowest BCUT2D eigenvalue weighted by Crippen LogP contribution is -2.44. The van der Waals surface area contributed by atoms with Crippen LogP contribution in [0.15, 0.2) is 0 Å². The summed E-state index contributed by atoms with van der Waals surface area (Å²) in [5.41, 5.74) is 5.42. The number of carboxylic acid groups (broad SMARTS) is 4. The lowest BCUT2D eigenvalue weighted by Gasteiger charge is -2.17. The average Bonchev–Trinajstić information content (AvgIpc) is 3.10. The fraction of sp³-hybridized carbons (Fsp3) is 0.816. The van der Waals surface area contributed by atoms with Gasteiger partial charge in [-0.2, -0.15) is 0 Å². The van der Waals surface area contributed by atoms with Gasteiger partial charge in [-0.3, -0.25) is 24.0 Å². The van der Waals surface area contributed by atoms with Crippen LogP contribution in [0.25, 0.3) is 0 Å². The second kappa shape index (κ2) is 32.9. The van der Waals surface area contributed by atoms with Crippen molar-refractivity contribution >= 4 is 41.6 Å². The maximum absolute atomic E-state index is 12.4. The maximum Gasteiger partial charge on any atom is 0.326 e. The Morgan fingerprint density at radius 3 is 1.13 bits per heavy atom. The summed E-state index contributed by atoms with van der Waals surface area (Å²) in [5.74, 6) is -5.99. The minimum Gasteiger partial charge on any atom is -0.481 e. The van der Waals surface area contributed by atoms with E-state index in [4.69, 9.17) is 15.9 Å². The summed E-state index contributed by atoms with van der Waals surface area (Å²) in [7, 11) is 0. The molecular weight excluding hydrogens is 688 g/mol. The molecule has 15 nitrogen and oxygen atoms in total. The zero-order valence-corrected chi connectivity index (χ0v) is 31.8. The highest BCUT2D eigenvalue weighted by atomic mass is 16.4. The zero-order chi connectivity index (χ0) is 39.7. The van der Waals surface area contributed by atoms with E-state index in [9.17, 15) is 43.8 Å². The van der Waals surface area contributed by atoms with Crippen molar-refractivity contribution in [2.75, 3.05) is 6.54 Å². The summed E-state index contributed by atoms with van der Waals surface area (Å²) in [5, 5.41) is 43.7. The number of hydrogen-bond acceptors (Lipinski definition) is 8. The van der Waals surface area contributed by atoms with Crippen LogP contribution >= 0.6 is 0 Å². The monoisotopic (exact) mass is 756 g/mol. The van der Waals surface area contributed by atoms with Crippen molar-refractivity contribution in [3.05, 3.63) is 0 Å². The number of nitrogens with two attached hydrogens (primary N) is 1. The third-order valence-electron chi connectivity index (χ3n) is 9.21. The molecule has 0 unspecified atom stereocenters. The van der Waals surface area contributed by atoms with E-state index in [0.717, 1.165) is 44.9 Å². The Morgan fingerprint density at radius 1 is 0.396 bits per heavy atom. The Bertz CT molecular complexity index is 1070. The van der Waals surface area contributed by atoms with Gasteiger partial charge in [-0.25, -0.2) is 9.59 Å². The number of nitrogens with one attached hydrogen (secondary N) is 3. The molecule has 0 saturated heterocycles. The molecule has 0 aliphatic carbocycles. The molecule has 0 radical (unpaired) electrons. The van der Waals surface area contributed by atoms with Gasteiger partial charge in [0.15, 0.2) is 0 Å². The van der Waals surface area contributed by atoms with Crippen molar-refractivity contribution in [1.29, 1.82) is 0 Å². The Balaban J connectivity index is 3.95. The SMILES string of the molecule is N[C@@H](CCCCNC(=O)CC[C@H](NC(=O)CC[C@H](NC(=O)CCCCCCCCCCCCCCCCCCCCC(=O)O)C(=O)O)C(=O)O)C(=O)O. The Labute approximate surface area is 315 Å². The van der Waals surface area contributed by atoms with Crippen molar-refractivity contribution in [3.8, 4) is 0 Å². The molecule has 0 bridgehead atoms. The predicted octanol–water partition coefficient (Wildman–Crippen LogP) is 5.27. The van der Waals surface area contributed by atoms with E-state index in [1.807, 2.05) is 0 Å². The van der Waals surface area contributed by atoms with Crippen LogP contribution in [-0.2, 0) is 33.6 Å². The molecule has 0 fully saturated rings. The predicted molar refractivity (Wildman–Crippen MR) is 200 cm³/mol. The van der Waals surface area contributed by atoms with Crippen LogP contribution in [0.4, 0.5) is 0 Å². The topological polar surface area (TPSA) is 263 Å². The van der Waals surface area contributed by atoms with E-state index < -0.39 is 59.7 Å². The fourth-order valence-corrected chi connectivity index (χ4v) is 5.92. The number of rotatable bonds is 37. The molecule has 0 rings (SSSR count). The number of aliphatic carboxylic acids is 4. The molecule has 3 atom stereocenters. The third-order valence-corrected chi connectivity index (χ3v) is 9.21. The molecule has 0 saturated carbocycles. The lowest BCUT2D eigenvalue weighted by molar-refractivity contribution is -0.143. The standard InChI is InChI=1S/C38H68N4O11/c39-29(36(48)49)21-19-20-28-40-32(43)26-24-30(37(50)51)42-34(45)27-25-31(38(52)53)41-33(44)22-17-15-13-11-9-7-5-3-1-2-4-6-8-10-12-14-16-18-23-35(46)47/h29-31H,1-28,39H2,(H,40,43)(H,41,44)(H,42,45)(H,46,47)(H,48,49)(H,50,51)(H,52,53)/t29-,30-,31-/m0/s1. The maximum atomic E-state index is 12.4. The second-order valence-corrected chi connectivity index (χ2v) is 14.0. The number of carbonyl (C=O) groups is 7. The number of hydrogen-bond donors (Lipinski definition) is 8. The zero-order valence-electron chi connectivity index (χ0n) is 31.8. The first kappa shape index (κ1) is 49.2. The largest absolute Gasteiger partial charge is 0.481 e. The first-order chi connectivity index (χ1) is 25.3. The van der Waals surface area contributed by atoms with Gasteiger partial charge in [-0.1, -0.05) is 103 Å². The molecule has 0 spiro atoms. The first-order valence-corrected chi connectivity index (χ1v) is 19.8. The number of carbonyl (C=O) groups excluding carboxylic acids is 3. The van der Waals surface area contributed by atoms with E-state index in [1.165, 1.54) is 64.2 Å². The van der Waals surface area contributed by atoms with Crippen LogP contribution in [0.5, 0.6) is 0 Å².